The minimum absolute atomic E-state index is 0.326. The number of hydrogen-bond acceptors (Lipinski definition) is 5. The second kappa shape index (κ2) is 5.67. The highest BCUT2D eigenvalue weighted by Gasteiger charge is 2.51. The first kappa shape index (κ1) is 16.0. The molecule has 5 nitrogen and oxygen atoms in total. The molecule has 1 aliphatic carbocycles. The van der Waals surface area contributed by atoms with Gasteiger partial charge < -0.3 is 9.47 Å². The number of carbonyl (C=O) groups excluding carboxylic acids is 2. The van der Waals surface area contributed by atoms with E-state index in [0.29, 0.717) is 25.7 Å². The summed E-state index contributed by atoms with van der Waals surface area (Å²) in [6.07, 6.45) is 2.94. The first-order valence-electron chi connectivity index (χ1n) is 7.00. The molecule has 1 aromatic rings. The molecule has 23 heavy (non-hydrogen) atoms. The first-order chi connectivity index (χ1) is 10.8. The lowest BCUT2D eigenvalue weighted by Gasteiger charge is -2.40. The monoisotopic (exact) mass is 349 g/mol. The molecule has 0 atom stereocenters. The molecule has 0 radical (unpaired) electrons. The van der Waals surface area contributed by atoms with Gasteiger partial charge in [-0.3, -0.25) is 9.59 Å². The van der Waals surface area contributed by atoms with Crippen molar-refractivity contribution in [2.24, 2.45) is 0 Å². The summed E-state index contributed by atoms with van der Waals surface area (Å²) >= 11 is 5.55. The van der Waals surface area contributed by atoms with Crippen LogP contribution in [0.4, 0.5) is 13.2 Å². The molecule has 9 heteroatoms. The van der Waals surface area contributed by atoms with E-state index in [-0.39, 0.29) is 0 Å². The Morgan fingerprint density at radius 2 is 1.57 bits per heavy atom. The average molecular weight is 350 g/mol. The third-order valence-electron chi connectivity index (χ3n) is 3.98. The van der Waals surface area contributed by atoms with Crippen molar-refractivity contribution in [1.82, 2.24) is 4.98 Å². The Labute approximate surface area is 133 Å². The van der Waals surface area contributed by atoms with Crippen molar-refractivity contribution in [2.75, 3.05) is 0 Å². The van der Waals surface area contributed by atoms with Gasteiger partial charge in [0.05, 0.1) is 0 Å². The third kappa shape index (κ3) is 2.65. The van der Waals surface area contributed by atoms with Crippen LogP contribution >= 0.6 is 11.6 Å². The standard InChI is InChI=1S/C14H11ClF3NO4/c15-8-6(9(16)11(18)19-10(8)17)7-12(20)22-14(23-13(7)21)4-2-1-3-5-14/h7H,1-5H2. The van der Waals surface area contributed by atoms with Crippen molar-refractivity contribution in [3.05, 3.63) is 28.3 Å². The molecule has 0 aromatic carbocycles. The molecule has 0 unspecified atom stereocenters. The van der Waals surface area contributed by atoms with E-state index in [9.17, 15) is 22.8 Å². The molecule has 1 aliphatic heterocycles. The molecule has 1 aromatic heterocycles. The summed E-state index contributed by atoms with van der Waals surface area (Å²) in [6.45, 7) is 0. The predicted octanol–water partition coefficient (Wildman–Crippen LogP) is 3.00. The van der Waals surface area contributed by atoms with E-state index in [1.807, 2.05) is 0 Å². The second-order valence-corrected chi connectivity index (χ2v) is 5.86. The Morgan fingerprint density at radius 1 is 1.00 bits per heavy atom. The van der Waals surface area contributed by atoms with E-state index < -0.39 is 51.9 Å². The molecule has 2 aliphatic rings. The van der Waals surface area contributed by atoms with Gasteiger partial charge in [0.15, 0.2) is 11.7 Å². The van der Waals surface area contributed by atoms with Gasteiger partial charge in [0, 0.05) is 18.4 Å². The summed E-state index contributed by atoms with van der Waals surface area (Å²) in [5.74, 6) is -10.7. The summed E-state index contributed by atoms with van der Waals surface area (Å²) in [7, 11) is 0. The number of carbonyl (C=O) groups is 2. The number of pyridine rings is 1. The van der Waals surface area contributed by atoms with Gasteiger partial charge in [-0.1, -0.05) is 18.0 Å². The van der Waals surface area contributed by atoms with Gasteiger partial charge in [-0.2, -0.15) is 13.8 Å². The predicted molar refractivity (Wildman–Crippen MR) is 69.9 cm³/mol. The fourth-order valence-corrected chi connectivity index (χ4v) is 3.12. The van der Waals surface area contributed by atoms with Gasteiger partial charge in [-0.15, -0.1) is 0 Å². The molecule has 124 valence electrons. The molecule has 0 amide bonds. The Morgan fingerprint density at radius 3 is 2.13 bits per heavy atom. The van der Waals surface area contributed by atoms with Crippen LogP contribution in [0.15, 0.2) is 0 Å². The number of hydrogen-bond donors (Lipinski definition) is 0. The maximum atomic E-state index is 13.9. The summed E-state index contributed by atoms with van der Waals surface area (Å²) in [5.41, 5.74) is -0.961. The van der Waals surface area contributed by atoms with Gasteiger partial charge in [0.2, 0.25) is 5.95 Å². The highest BCUT2D eigenvalue weighted by atomic mass is 35.5. The zero-order chi connectivity index (χ0) is 16.8. The second-order valence-electron chi connectivity index (χ2n) is 5.48. The maximum Gasteiger partial charge on any atom is 0.328 e. The number of esters is 2. The van der Waals surface area contributed by atoms with Crippen LogP contribution in [0.3, 0.4) is 0 Å². The van der Waals surface area contributed by atoms with Crippen molar-refractivity contribution in [3.8, 4) is 0 Å². The number of ether oxygens (including phenoxy) is 2. The molecule has 2 heterocycles. The van der Waals surface area contributed by atoms with Crippen LogP contribution in [0, 0.1) is 17.7 Å². The smallest absolute Gasteiger partial charge is 0.328 e. The summed E-state index contributed by atoms with van der Waals surface area (Å²) in [5, 5.41) is -0.956. The molecule has 1 saturated heterocycles. The highest BCUT2D eigenvalue weighted by Crippen LogP contribution is 2.41. The SMILES string of the molecule is O=C1OC2(CCCCC2)OC(=O)C1c1c(F)c(F)nc(F)c1Cl. The van der Waals surface area contributed by atoms with Gasteiger partial charge in [-0.25, -0.2) is 4.39 Å². The van der Waals surface area contributed by atoms with E-state index in [2.05, 4.69) is 4.98 Å². The van der Waals surface area contributed by atoms with Gasteiger partial charge in [0.1, 0.15) is 5.02 Å². The van der Waals surface area contributed by atoms with Crippen molar-refractivity contribution < 1.29 is 32.2 Å². The molecular weight excluding hydrogens is 339 g/mol. The number of halogens is 4. The Hall–Kier alpha value is -1.83. The summed E-state index contributed by atoms with van der Waals surface area (Å²) in [4.78, 5) is 27.0. The van der Waals surface area contributed by atoms with E-state index in [0.717, 1.165) is 6.42 Å². The summed E-state index contributed by atoms with van der Waals surface area (Å²) < 4.78 is 51.0. The molecule has 2 fully saturated rings. The minimum Gasteiger partial charge on any atom is -0.422 e. The van der Waals surface area contributed by atoms with Gasteiger partial charge >= 0.3 is 11.9 Å². The van der Waals surface area contributed by atoms with Crippen LogP contribution in [0.25, 0.3) is 0 Å². The van der Waals surface area contributed by atoms with Crippen molar-refractivity contribution >= 4 is 23.5 Å². The molecule has 1 spiro atoms. The number of aromatic nitrogens is 1. The van der Waals surface area contributed by atoms with Crippen LogP contribution in [0.1, 0.15) is 43.6 Å². The number of rotatable bonds is 1. The topological polar surface area (TPSA) is 65.5 Å². The van der Waals surface area contributed by atoms with Crippen LogP contribution in [-0.2, 0) is 19.1 Å². The van der Waals surface area contributed by atoms with Crippen LogP contribution < -0.4 is 0 Å². The Bertz CT molecular complexity index is 645. The quantitative estimate of drug-likeness (QED) is 0.443. The van der Waals surface area contributed by atoms with Crippen LogP contribution in [0.2, 0.25) is 5.02 Å². The van der Waals surface area contributed by atoms with Crippen molar-refractivity contribution in [2.45, 2.75) is 43.8 Å². The van der Waals surface area contributed by atoms with Crippen LogP contribution in [-0.4, -0.2) is 22.7 Å². The lowest BCUT2D eigenvalue weighted by atomic mass is 9.91. The molecule has 0 bridgehead atoms. The maximum absolute atomic E-state index is 13.9. The number of nitrogens with zero attached hydrogens (tertiary/aromatic N) is 1. The third-order valence-corrected chi connectivity index (χ3v) is 4.34. The van der Waals surface area contributed by atoms with E-state index in [4.69, 9.17) is 21.1 Å². The van der Waals surface area contributed by atoms with E-state index in [1.54, 1.807) is 0 Å². The largest absolute Gasteiger partial charge is 0.422 e. The van der Waals surface area contributed by atoms with E-state index >= 15 is 0 Å². The lowest BCUT2D eigenvalue weighted by Crippen LogP contribution is -2.50. The normalized spacial score (nSPS) is 21.2. The lowest BCUT2D eigenvalue weighted by molar-refractivity contribution is -0.256. The average Bonchev–Trinajstić information content (AvgIpc) is 2.48. The zero-order valence-electron chi connectivity index (χ0n) is 11.7. The van der Waals surface area contributed by atoms with Crippen molar-refractivity contribution in [1.29, 1.82) is 0 Å². The molecule has 0 N–H and O–H groups in total. The minimum atomic E-state index is -1.98. The van der Waals surface area contributed by atoms with Crippen molar-refractivity contribution in [3.63, 3.8) is 0 Å². The first-order valence-corrected chi connectivity index (χ1v) is 7.38. The molecular formula is C14H11ClF3NO4. The van der Waals surface area contributed by atoms with Gasteiger partial charge in [0.25, 0.3) is 11.7 Å². The summed E-state index contributed by atoms with van der Waals surface area (Å²) in [6, 6.07) is 0. The Balaban J connectivity index is 2.00. The fourth-order valence-electron chi connectivity index (χ4n) is 2.89. The van der Waals surface area contributed by atoms with E-state index in [1.165, 1.54) is 0 Å². The Kier molecular flexibility index (Phi) is 3.95. The highest BCUT2D eigenvalue weighted by molar-refractivity contribution is 6.32. The molecule has 3 rings (SSSR count). The fraction of sp³-hybridized carbons (Fsp3) is 0.500. The van der Waals surface area contributed by atoms with Crippen LogP contribution in [0.5, 0.6) is 0 Å². The molecule has 1 saturated carbocycles. The zero-order valence-corrected chi connectivity index (χ0v) is 12.5. The van der Waals surface area contributed by atoms with Gasteiger partial charge in [-0.05, 0) is 12.8 Å².